The van der Waals surface area contributed by atoms with Crippen molar-refractivity contribution in [2.45, 2.75) is 22.7 Å². The van der Waals surface area contributed by atoms with Crippen molar-refractivity contribution in [2.75, 3.05) is 6.61 Å². The van der Waals surface area contributed by atoms with Gasteiger partial charge in [0.25, 0.3) is 0 Å². The van der Waals surface area contributed by atoms with Gasteiger partial charge in [0.05, 0.1) is 17.5 Å². The number of benzene rings is 3. The Bertz CT molecular complexity index is 976. The van der Waals surface area contributed by atoms with Crippen molar-refractivity contribution >= 4 is 9.84 Å². The van der Waals surface area contributed by atoms with Gasteiger partial charge in [-0.15, -0.1) is 0 Å². The van der Waals surface area contributed by atoms with Gasteiger partial charge in [-0.2, -0.15) is 5.06 Å². The molecule has 0 spiro atoms. The van der Waals surface area contributed by atoms with Crippen LogP contribution in [0.3, 0.4) is 0 Å². The maximum atomic E-state index is 13.3. The highest BCUT2D eigenvalue weighted by Crippen LogP contribution is 2.38. The SMILES string of the molecule is O=S(=O)(c1ccccc1)[C@@H]1CON(Cc2ccccc2)[C@H]1c1ccccc1. The monoisotopic (exact) mass is 379 g/mol. The van der Waals surface area contributed by atoms with Gasteiger partial charge in [0.2, 0.25) is 0 Å². The van der Waals surface area contributed by atoms with E-state index in [4.69, 9.17) is 4.84 Å². The van der Waals surface area contributed by atoms with Gasteiger partial charge >= 0.3 is 0 Å². The molecular weight excluding hydrogens is 358 g/mol. The summed E-state index contributed by atoms with van der Waals surface area (Å²) in [6, 6.07) is 27.9. The molecule has 1 saturated heterocycles. The fourth-order valence-corrected chi connectivity index (χ4v) is 5.27. The van der Waals surface area contributed by atoms with Crippen molar-refractivity contribution in [1.82, 2.24) is 5.06 Å². The molecule has 1 aliphatic rings. The summed E-state index contributed by atoms with van der Waals surface area (Å²) >= 11 is 0. The summed E-state index contributed by atoms with van der Waals surface area (Å²) in [6.45, 7) is 0.671. The van der Waals surface area contributed by atoms with Crippen molar-refractivity contribution < 1.29 is 13.3 Å². The second kappa shape index (κ2) is 7.64. The van der Waals surface area contributed by atoms with E-state index >= 15 is 0 Å². The highest BCUT2D eigenvalue weighted by Gasteiger charge is 2.45. The molecule has 0 N–H and O–H groups in total. The highest BCUT2D eigenvalue weighted by atomic mass is 32.2. The molecule has 4 nitrogen and oxygen atoms in total. The maximum absolute atomic E-state index is 13.3. The molecule has 5 heteroatoms. The second-order valence-electron chi connectivity index (χ2n) is 6.61. The fraction of sp³-hybridized carbons (Fsp3) is 0.182. The minimum absolute atomic E-state index is 0.142. The lowest BCUT2D eigenvalue weighted by atomic mass is 10.0. The Kier molecular flexibility index (Phi) is 5.07. The van der Waals surface area contributed by atoms with E-state index in [0.717, 1.165) is 11.1 Å². The molecule has 0 aliphatic carbocycles. The fourth-order valence-electron chi connectivity index (χ4n) is 3.51. The van der Waals surface area contributed by atoms with Crippen LogP contribution in [0.1, 0.15) is 17.2 Å². The predicted molar refractivity (Wildman–Crippen MR) is 105 cm³/mol. The van der Waals surface area contributed by atoms with E-state index in [1.165, 1.54) is 0 Å². The first kappa shape index (κ1) is 17.9. The van der Waals surface area contributed by atoms with E-state index < -0.39 is 15.1 Å². The molecule has 0 saturated carbocycles. The number of hydrogen-bond acceptors (Lipinski definition) is 4. The molecule has 1 heterocycles. The molecule has 138 valence electrons. The summed E-state index contributed by atoms with van der Waals surface area (Å²) < 4.78 is 26.6. The number of nitrogens with zero attached hydrogens (tertiary/aromatic N) is 1. The molecule has 27 heavy (non-hydrogen) atoms. The van der Waals surface area contributed by atoms with Gasteiger partial charge in [-0.05, 0) is 23.3 Å². The van der Waals surface area contributed by atoms with E-state index in [1.807, 2.05) is 66.7 Å². The summed E-state index contributed by atoms with van der Waals surface area (Å²) in [5, 5.41) is 1.14. The van der Waals surface area contributed by atoms with Crippen LogP contribution < -0.4 is 0 Å². The van der Waals surface area contributed by atoms with Crippen LogP contribution in [0, 0.1) is 0 Å². The van der Waals surface area contributed by atoms with Gasteiger partial charge in [0.1, 0.15) is 5.25 Å². The van der Waals surface area contributed by atoms with Crippen LogP contribution in [-0.4, -0.2) is 25.3 Å². The van der Waals surface area contributed by atoms with E-state index in [0.29, 0.717) is 11.4 Å². The van der Waals surface area contributed by atoms with Crippen molar-refractivity contribution in [3.05, 3.63) is 102 Å². The number of rotatable bonds is 5. The van der Waals surface area contributed by atoms with Crippen molar-refractivity contribution in [2.24, 2.45) is 0 Å². The van der Waals surface area contributed by atoms with Crippen LogP contribution in [0.15, 0.2) is 95.9 Å². The Morgan fingerprint density at radius 2 is 1.37 bits per heavy atom. The maximum Gasteiger partial charge on any atom is 0.185 e. The molecule has 0 bridgehead atoms. The van der Waals surface area contributed by atoms with Crippen LogP contribution in [-0.2, 0) is 21.2 Å². The Morgan fingerprint density at radius 3 is 2.00 bits per heavy atom. The van der Waals surface area contributed by atoms with E-state index in [2.05, 4.69) is 0 Å². The van der Waals surface area contributed by atoms with Crippen LogP contribution in [0.5, 0.6) is 0 Å². The van der Waals surface area contributed by atoms with Crippen LogP contribution in [0.2, 0.25) is 0 Å². The minimum Gasteiger partial charge on any atom is -0.297 e. The van der Waals surface area contributed by atoms with Gasteiger partial charge < -0.3 is 0 Å². The van der Waals surface area contributed by atoms with Gasteiger partial charge in [0.15, 0.2) is 9.84 Å². The summed E-state index contributed by atoms with van der Waals surface area (Å²) in [6.07, 6.45) is 0. The summed E-state index contributed by atoms with van der Waals surface area (Å²) in [5.74, 6) is 0. The van der Waals surface area contributed by atoms with E-state index in [9.17, 15) is 8.42 Å². The third kappa shape index (κ3) is 3.67. The normalized spacial score (nSPS) is 20.6. The molecule has 2 atom stereocenters. The van der Waals surface area contributed by atoms with Crippen LogP contribution in [0.25, 0.3) is 0 Å². The summed E-state index contributed by atoms with van der Waals surface area (Å²) in [7, 11) is -3.53. The van der Waals surface area contributed by atoms with Crippen molar-refractivity contribution in [1.29, 1.82) is 0 Å². The third-order valence-electron chi connectivity index (χ3n) is 4.86. The molecular formula is C22H21NO3S. The second-order valence-corrected chi connectivity index (χ2v) is 8.78. The first-order valence-electron chi connectivity index (χ1n) is 8.93. The number of hydrogen-bond donors (Lipinski definition) is 0. The molecule has 0 aromatic heterocycles. The largest absolute Gasteiger partial charge is 0.297 e. The number of sulfone groups is 1. The Hall–Kier alpha value is -2.47. The Labute approximate surface area is 159 Å². The zero-order valence-corrected chi connectivity index (χ0v) is 15.6. The van der Waals surface area contributed by atoms with E-state index in [1.54, 1.807) is 29.3 Å². The lowest BCUT2D eigenvalue weighted by Crippen LogP contribution is -2.32. The molecule has 1 fully saturated rings. The van der Waals surface area contributed by atoms with Gasteiger partial charge in [-0.1, -0.05) is 78.9 Å². The predicted octanol–water partition coefficient (Wildman–Crippen LogP) is 4.02. The van der Waals surface area contributed by atoms with Gasteiger partial charge in [-0.3, -0.25) is 4.84 Å². The van der Waals surface area contributed by atoms with Crippen molar-refractivity contribution in [3.8, 4) is 0 Å². The Morgan fingerprint density at radius 1 is 0.815 bits per heavy atom. The minimum atomic E-state index is -3.53. The quantitative estimate of drug-likeness (QED) is 0.672. The molecule has 3 aromatic carbocycles. The topological polar surface area (TPSA) is 46.6 Å². The standard InChI is InChI=1S/C22H21NO3S/c24-27(25,20-14-8-3-9-15-20)21-17-26-23(16-18-10-4-1-5-11-18)22(21)19-12-6-2-7-13-19/h1-15,21-22H,16-17H2/t21-,22+/m1/s1. The smallest absolute Gasteiger partial charge is 0.185 e. The molecule has 4 rings (SSSR count). The zero-order valence-electron chi connectivity index (χ0n) is 14.8. The average molecular weight is 379 g/mol. The lowest BCUT2D eigenvalue weighted by Gasteiger charge is -2.26. The highest BCUT2D eigenvalue weighted by molar-refractivity contribution is 7.92. The van der Waals surface area contributed by atoms with Gasteiger partial charge in [-0.25, -0.2) is 8.42 Å². The molecule has 3 aromatic rings. The molecule has 0 radical (unpaired) electrons. The first-order valence-corrected chi connectivity index (χ1v) is 10.5. The van der Waals surface area contributed by atoms with Gasteiger partial charge in [0, 0.05) is 6.54 Å². The van der Waals surface area contributed by atoms with E-state index in [-0.39, 0.29) is 12.6 Å². The third-order valence-corrected chi connectivity index (χ3v) is 6.98. The summed E-state index contributed by atoms with van der Waals surface area (Å²) in [5.41, 5.74) is 2.02. The molecule has 1 aliphatic heterocycles. The molecule has 0 unspecified atom stereocenters. The Balaban J connectivity index is 1.71. The van der Waals surface area contributed by atoms with Crippen LogP contribution >= 0.6 is 0 Å². The van der Waals surface area contributed by atoms with Crippen molar-refractivity contribution in [3.63, 3.8) is 0 Å². The first-order chi connectivity index (χ1) is 13.2. The molecule has 0 amide bonds. The average Bonchev–Trinajstić information content (AvgIpc) is 3.14. The zero-order chi connectivity index (χ0) is 18.7. The summed E-state index contributed by atoms with van der Waals surface area (Å²) in [4.78, 5) is 6.23. The number of hydroxylamine groups is 2. The lowest BCUT2D eigenvalue weighted by molar-refractivity contribution is -0.141. The van der Waals surface area contributed by atoms with Crippen LogP contribution in [0.4, 0.5) is 0 Å².